The van der Waals surface area contributed by atoms with E-state index in [1.165, 1.54) is 26.4 Å². The molecule has 2 aromatic rings. The van der Waals surface area contributed by atoms with Gasteiger partial charge in [0, 0.05) is 16.9 Å². The molecule has 2 N–H and O–H groups in total. The lowest BCUT2D eigenvalue weighted by atomic mass is 9.87. The number of nitrogens with one attached hydrogen (secondary N) is 1. The Morgan fingerprint density at radius 1 is 1.21 bits per heavy atom. The van der Waals surface area contributed by atoms with E-state index in [0.29, 0.717) is 12.4 Å². The van der Waals surface area contributed by atoms with E-state index in [0.717, 1.165) is 24.2 Å². The quantitative estimate of drug-likeness (QED) is 0.824. The zero-order valence-corrected chi connectivity index (χ0v) is 15.7. The number of benzene rings is 2. The summed E-state index contributed by atoms with van der Waals surface area (Å²) in [7, 11) is 2.87. The Morgan fingerprint density at radius 2 is 2.00 bits per heavy atom. The number of carbonyl (C=O) groups excluding carboxylic acids is 1. The summed E-state index contributed by atoms with van der Waals surface area (Å²) in [5.74, 6) is -0.113. The van der Waals surface area contributed by atoms with Crippen LogP contribution in [0, 0.1) is 5.92 Å². The third-order valence-electron chi connectivity index (χ3n) is 5.60. The van der Waals surface area contributed by atoms with Crippen LogP contribution < -0.4 is 19.5 Å². The minimum atomic E-state index is -1.11. The smallest absolute Gasteiger partial charge is 0.335 e. The van der Waals surface area contributed by atoms with Crippen molar-refractivity contribution in [1.29, 1.82) is 0 Å². The Bertz CT molecular complexity index is 956. The standard InChI is InChI=1S/C21H21NO6/c1-26-17-10-12(20(24)25)9-15(18(17)27-2)22-19(23)14-11-21(14)7-8-28-16-6-4-3-5-13(16)21/h3-6,9-10,14H,7-8,11H2,1-2H3,(H,22,23)(H,24,25)/t14-,21-/m0/s1. The number of fused-ring (bicyclic) bond motifs is 2. The Balaban J connectivity index is 1.62. The first-order chi connectivity index (χ1) is 13.5. The number of anilines is 1. The summed E-state index contributed by atoms with van der Waals surface area (Å²) < 4.78 is 16.3. The second-order valence-corrected chi connectivity index (χ2v) is 7.06. The van der Waals surface area contributed by atoms with Crippen LogP contribution in [0.5, 0.6) is 17.2 Å². The molecular formula is C21H21NO6. The number of aromatic carboxylic acids is 1. The molecule has 1 saturated carbocycles. The number of carbonyl (C=O) groups is 2. The van der Waals surface area contributed by atoms with E-state index in [4.69, 9.17) is 14.2 Å². The molecule has 1 spiro atoms. The first-order valence-corrected chi connectivity index (χ1v) is 9.02. The maximum Gasteiger partial charge on any atom is 0.335 e. The predicted molar refractivity (Wildman–Crippen MR) is 101 cm³/mol. The lowest BCUT2D eigenvalue weighted by Gasteiger charge is -2.26. The SMILES string of the molecule is COc1cc(C(=O)O)cc(NC(=O)[C@@H]2C[C@]23CCOc2ccccc23)c1OC. The van der Waals surface area contributed by atoms with Crippen LogP contribution in [0.2, 0.25) is 0 Å². The summed E-state index contributed by atoms with van der Waals surface area (Å²) in [6.45, 7) is 0.576. The fourth-order valence-corrected chi connectivity index (χ4v) is 4.11. The van der Waals surface area contributed by atoms with Crippen molar-refractivity contribution < 1.29 is 28.9 Å². The molecule has 0 saturated heterocycles. The van der Waals surface area contributed by atoms with Crippen LogP contribution in [0.1, 0.15) is 28.8 Å². The van der Waals surface area contributed by atoms with Gasteiger partial charge < -0.3 is 24.6 Å². The molecular weight excluding hydrogens is 362 g/mol. The fraction of sp³-hybridized carbons (Fsp3) is 0.333. The lowest BCUT2D eigenvalue weighted by Crippen LogP contribution is -2.26. The number of amides is 1. The minimum Gasteiger partial charge on any atom is -0.493 e. The van der Waals surface area contributed by atoms with E-state index in [-0.39, 0.29) is 34.2 Å². The highest BCUT2D eigenvalue weighted by Crippen LogP contribution is 2.61. The highest BCUT2D eigenvalue weighted by Gasteiger charge is 2.61. The molecule has 4 rings (SSSR count). The van der Waals surface area contributed by atoms with Crippen LogP contribution in [0.3, 0.4) is 0 Å². The molecule has 7 heteroatoms. The Morgan fingerprint density at radius 3 is 2.71 bits per heavy atom. The van der Waals surface area contributed by atoms with Gasteiger partial charge in [-0.3, -0.25) is 4.79 Å². The van der Waals surface area contributed by atoms with E-state index >= 15 is 0 Å². The number of hydrogen-bond acceptors (Lipinski definition) is 5. The van der Waals surface area contributed by atoms with E-state index in [1.807, 2.05) is 24.3 Å². The normalized spacial score (nSPS) is 22.0. The van der Waals surface area contributed by atoms with Gasteiger partial charge >= 0.3 is 5.97 Å². The summed E-state index contributed by atoms with van der Waals surface area (Å²) in [5, 5.41) is 12.2. The third-order valence-corrected chi connectivity index (χ3v) is 5.60. The summed E-state index contributed by atoms with van der Waals surface area (Å²) in [6, 6.07) is 10.6. The van der Waals surface area contributed by atoms with Crippen LogP contribution in [0.4, 0.5) is 5.69 Å². The first kappa shape index (κ1) is 18.2. The van der Waals surface area contributed by atoms with Gasteiger partial charge in [-0.1, -0.05) is 18.2 Å². The number of rotatable bonds is 5. The van der Waals surface area contributed by atoms with E-state index in [1.54, 1.807) is 0 Å². The van der Waals surface area contributed by atoms with Crippen LogP contribution in [-0.4, -0.2) is 37.8 Å². The van der Waals surface area contributed by atoms with Crippen molar-refractivity contribution in [2.45, 2.75) is 18.3 Å². The maximum atomic E-state index is 13.0. The zero-order valence-electron chi connectivity index (χ0n) is 15.7. The van der Waals surface area contributed by atoms with Crippen LogP contribution in [0.25, 0.3) is 0 Å². The van der Waals surface area contributed by atoms with Gasteiger partial charge in [0.1, 0.15) is 5.75 Å². The molecule has 146 valence electrons. The third kappa shape index (κ3) is 2.83. The number of methoxy groups -OCH3 is 2. The topological polar surface area (TPSA) is 94.1 Å². The highest BCUT2D eigenvalue weighted by atomic mass is 16.5. The van der Waals surface area contributed by atoms with Crippen molar-refractivity contribution in [3.8, 4) is 17.2 Å². The van der Waals surface area contributed by atoms with Crippen molar-refractivity contribution in [3.63, 3.8) is 0 Å². The average Bonchev–Trinajstić information content (AvgIpc) is 3.42. The Kier molecular flexibility index (Phi) is 4.37. The number of ether oxygens (including phenoxy) is 3. The second kappa shape index (κ2) is 6.74. The fourth-order valence-electron chi connectivity index (χ4n) is 4.11. The predicted octanol–water partition coefficient (Wildman–Crippen LogP) is 3.08. The Hall–Kier alpha value is -3.22. The molecule has 2 aliphatic rings. The molecule has 1 amide bonds. The monoisotopic (exact) mass is 383 g/mol. The summed E-state index contributed by atoms with van der Waals surface area (Å²) in [6.07, 6.45) is 1.51. The van der Waals surface area contributed by atoms with Crippen molar-refractivity contribution in [2.24, 2.45) is 5.92 Å². The van der Waals surface area contributed by atoms with Crippen molar-refractivity contribution in [3.05, 3.63) is 47.5 Å². The molecule has 0 radical (unpaired) electrons. The molecule has 0 bridgehead atoms. The Labute approximate surface area is 162 Å². The van der Waals surface area contributed by atoms with Gasteiger partial charge in [-0.25, -0.2) is 4.79 Å². The van der Waals surface area contributed by atoms with Crippen LogP contribution in [-0.2, 0) is 10.2 Å². The average molecular weight is 383 g/mol. The van der Waals surface area contributed by atoms with Gasteiger partial charge in [0.25, 0.3) is 0 Å². The van der Waals surface area contributed by atoms with E-state index in [9.17, 15) is 14.7 Å². The molecule has 2 aromatic carbocycles. The molecule has 0 unspecified atom stereocenters. The molecule has 1 aliphatic heterocycles. The molecule has 7 nitrogen and oxygen atoms in total. The molecule has 2 atom stereocenters. The zero-order chi connectivity index (χ0) is 19.9. The van der Waals surface area contributed by atoms with Gasteiger partial charge in [0.15, 0.2) is 11.5 Å². The number of carboxylic acids is 1. The van der Waals surface area contributed by atoms with Crippen LogP contribution >= 0.6 is 0 Å². The van der Waals surface area contributed by atoms with Gasteiger partial charge in [0.05, 0.1) is 32.1 Å². The number of para-hydroxylation sites is 1. The van der Waals surface area contributed by atoms with Crippen molar-refractivity contribution in [1.82, 2.24) is 0 Å². The summed E-state index contributed by atoms with van der Waals surface area (Å²) in [5.41, 5.74) is 1.13. The molecule has 28 heavy (non-hydrogen) atoms. The van der Waals surface area contributed by atoms with Crippen molar-refractivity contribution in [2.75, 3.05) is 26.1 Å². The second-order valence-electron chi connectivity index (χ2n) is 7.06. The van der Waals surface area contributed by atoms with Gasteiger partial charge in [-0.15, -0.1) is 0 Å². The summed E-state index contributed by atoms with van der Waals surface area (Å²) in [4.78, 5) is 24.4. The highest BCUT2D eigenvalue weighted by molar-refractivity contribution is 6.00. The van der Waals surface area contributed by atoms with Crippen molar-refractivity contribution >= 4 is 17.6 Å². The van der Waals surface area contributed by atoms with Gasteiger partial charge in [-0.2, -0.15) is 0 Å². The minimum absolute atomic E-state index is 0.00914. The summed E-state index contributed by atoms with van der Waals surface area (Å²) >= 11 is 0. The largest absolute Gasteiger partial charge is 0.493 e. The van der Waals surface area contributed by atoms with Gasteiger partial charge in [-0.05, 0) is 31.0 Å². The van der Waals surface area contributed by atoms with Gasteiger partial charge in [0.2, 0.25) is 5.91 Å². The molecule has 1 fully saturated rings. The molecule has 1 heterocycles. The maximum absolute atomic E-state index is 13.0. The number of carboxylic acid groups (broad SMARTS) is 1. The molecule has 0 aromatic heterocycles. The van der Waals surface area contributed by atoms with E-state index < -0.39 is 5.97 Å². The first-order valence-electron chi connectivity index (χ1n) is 9.02. The molecule has 1 aliphatic carbocycles. The number of hydrogen-bond donors (Lipinski definition) is 2. The lowest BCUT2D eigenvalue weighted by molar-refractivity contribution is -0.117. The van der Waals surface area contributed by atoms with E-state index in [2.05, 4.69) is 5.32 Å². The van der Waals surface area contributed by atoms with Crippen LogP contribution in [0.15, 0.2) is 36.4 Å².